The minimum atomic E-state index is -4.36. The van der Waals surface area contributed by atoms with Gasteiger partial charge in [0.15, 0.2) is 6.61 Å². The van der Waals surface area contributed by atoms with Gasteiger partial charge >= 0.3 is 6.18 Å². The van der Waals surface area contributed by atoms with Gasteiger partial charge in [0.25, 0.3) is 0 Å². The fourth-order valence-electron chi connectivity index (χ4n) is 0.494. The lowest BCUT2D eigenvalue weighted by Crippen LogP contribution is -2.16. The number of nitrogens with one attached hydrogen (secondary N) is 1. The summed E-state index contributed by atoms with van der Waals surface area (Å²) in [6, 6.07) is 0. The molecule has 0 aromatic rings. The number of hydrogen-bond acceptors (Lipinski definition) is 2. The van der Waals surface area contributed by atoms with Crippen molar-refractivity contribution in [1.82, 2.24) is 0 Å². The largest absolute Gasteiger partial charge is 0.483 e. The maximum Gasteiger partial charge on any atom is 0.422 e. The van der Waals surface area contributed by atoms with Crippen LogP contribution in [-0.4, -0.2) is 19.0 Å². The second kappa shape index (κ2) is 5.40. The lowest BCUT2D eigenvalue weighted by Gasteiger charge is -2.08. The SMILES string of the molecule is C/C=C/C=C(\C=N)OCC(F)(F)F. The van der Waals surface area contributed by atoms with E-state index in [2.05, 4.69) is 4.74 Å². The third kappa shape index (κ3) is 7.11. The Kier molecular flexibility index (Phi) is 4.87. The number of allylic oxidation sites excluding steroid dienone is 4. The molecule has 0 radical (unpaired) electrons. The number of halogens is 3. The normalized spacial score (nSPS) is 13.4. The minimum Gasteiger partial charge on any atom is -0.483 e. The highest BCUT2D eigenvalue weighted by Crippen LogP contribution is 2.15. The highest BCUT2D eigenvalue weighted by atomic mass is 19.4. The Labute approximate surface area is 74.2 Å². The van der Waals surface area contributed by atoms with E-state index in [1.165, 1.54) is 12.2 Å². The van der Waals surface area contributed by atoms with Gasteiger partial charge in [-0.2, -0.15) is 13.2 Å². The van der Waals surface area contributed by atoms with Crippen LogP contribution in [0, 0.1) is 5.41 Å². The van der Waals surface area contributed by atoms with Crippen LogP contribution in [0.5, 0.6) is 0 Å². The van der Waals surface area contributed by atoms with E-state index in [4.69, 9.17) is 5.41 Å². The van der Waals surface area contributed by atoms with Gasteiger partial charge in [-0.3, -0.25) is 0 Å². The molecule has 0 aromatic heterocycles. The molecule has 0 fully saturated rings. The summed E-state index contributed by atoms with van der Waals surface area (Å²) in [7, 11) is 0. The number of hydrogen-bond donors (Lipinski definition) is 1. The van der Waals surface area contributed by atoms with Gasteiger partial charge in [-0.1, -0.05) is 12.2 Å². The number of alkyl halides is 3. The second-order valence-electron chi connectivity index (χ2n) is 2.14. The van der Waals surface area contributed by atoms with E-state index in [1.807, 2.05) is 0 Å². The molecule has 0 aliphatic rings. The Morgan fingerprint density at radius 1 is 1.46 bits per heavy atom. The molecule has 0 aliphatic heterocycles. The zero-order valence-corrected chi connectivity index (χ0v) is 7.06. The molecule has 0 aliphatic carbocycles. The smallest absolute Gasteiger partial charge is 0.422 e. The zero-order valence-electron chi connectivity index (χ0n) is 7.06. The Bertz CT molecular complexity index is 218. The Morgan fingerprint density at radius 3 is 2.46 bits per heavy atom. The minimum absolute atomic E-state index is 0.115. The van der Waals surface area contributed by atoms with E-state index in [9.17, 15) is 13.2 Å². The molecule has 0 bridgehead atoms. The van der Waals surface area contributed by atoms with Crippen LogP contribution < -0.4 is 0 Å². The van der Waals surface area contributed by atoms with Crippen LogP contribution in [0.4, 0.5) is 13.2 Å². The predicted octanol–water partition coefficient (Wildman–Crippen LogP) is 2.67. The molecule has 2 nitrogen and oxygen atoms in total. The van der Waals surface area contributed by atoms with Crippen molar-refractivity contribution in [2.45, 2.75) is 13.1 Å². The van der Waals surface area contributed by atoms with Gasteiger partial charge in [-0.05, 0) is 13.0 Å². The van der Waals surface area contributed by atoms with E-state index in [1.54, 1.807) is 13.0 Å². The van der Waals surface area contributed by atoms with E-state index in [0.29, 0.717) is 0 Å². The lowest BCUT2D eigenvalue weighted by molar-refractivity contribution is -0.163. The Hall–Kier alpha value is -1.26. The van der Waals surface area contributed by atoms with Gasteiger partial charge in [0.1, 0.15) is 5.76 Å². The van der Waals surface area contributed by atoms with Crippen LogP contribution in [0.1, 0.15) is 6.92 Å². The second-order valence-corrected chi connectivity index (χ2v) is 2.14. The quantitative estimate of drug-likeness (QED) is 0.415. The number of ether oxygens (including phenoxy) is 1. The van der Waals surface area contributed by atoms with Crippen LogP contribution in [0.3, 0.4) is 0 Å². The first-order valence-electron chi connectivity index (χ1n) is 3.52. The van der Waals surface area contributed by atoms with Crippen LogP contribution in [0.2, 0.25) is 0 Å². The summed E-state index contributed by atoms with van der Waals surface area (Å²) < 4.78 is 39.2. The van der Waals surface area contributed by atoms with Crippen molar-refractivity contribution in [2.75, 3.05) is 6.61 Å². The highest BCUT2D eigenvalue weighted by molar-refractivity contribution is 5.73. The van der Waals surface area contributed by atoms with Gasteiger partial charge in [0.2, 0.25) is 0 Å². The molecule has 0 amide bonds. The molecule has 0 atom stereocenters. The predicted molar refractivity (Wildman–Crippen MR) is 43.7 cm³/mol. The molecule has 0 rings (SSSR count). The van der Waals surface area contributed by atoms with Gasteiger partial charge in [-0.25, -0.2) is 0 Å². The summed E-state index contributed by atoms with van der Waals surface area (Å²) in [4.78, 5) is 0. The highest BCUT2D eigenvalue weighted by Gasteiger charge is 2.28. The molecule has 0 unspecified atom stereocenters. The summed E-state index contributed by atoms with van der Waals surface area (Å²) in [5.74, 6) is -0.115. The average molecular weight is 193 g/mol. The third-order valence-electron chi connectivity index (χ3n) is 0.998. The van der Waals surface area contributed by atoms with E-state index in [0.717, 1.165) is 6.21 Å². The van der Waals surface area contributed by atoms with Gasteiger partial charge in [-0.15, -0.1) is 0 Å². The van der Waals surface area contributed by atoms with Crippen molar-refractivity contribution >= 4 is 6.21 Å². The van der Waals surface area contributed by atoms with Gasteiger partial charge < -0.3 is 10.1 Å². The standard InChI is InChI=1S/C8H10F3NO/c1-2-3-4-7(5-12)13-6-8(9,10)11/h2-5,12H,6H2,1H3/b3-2+,7-4+,12-5?. The first-order valence-corrected chi connectivity index (χ1v) is 3.52. The summed E-state index contributed by atoms with van der Waals surface area (Å²) in [6.07, 6.45) is 0.777. The first-order chi connectivity index (χ1) is 5.99. The summed E-state index contributed by atoms with van der Waals surface area (Å²) in [5.41, 5.74) is 0. The summed E-state index contributed by atoms with van der Waals surface area (Å²) in [6.45, 7) is 0.341. The van der Waals surface area contributed by atoms with Crippen LogP contribution in [0.25, 0.3) is 0 Å². The van der Waals surface area contributed by atoms with Crippen molar-refractivity contribution in [3.63, 3.8) is 0 Å². The third-order valence-corrected chi connectivity index (χ3v) is 0.998. The van der Waals surface area contributed by atoms with Crippen molar-refractivity contribution in [2.24, 2.45) is 0 Å². The zero-order chi connectivity index (χ0) is 10.3. The molecular weight excluding hydrogens is 183 g/mol. The van der Waals surface area contributed by atoms with Crippen LogP contribution in [-0.2, 0) is 4.74 Å². The molecule has 74 valence electrons. The lowest BCUT2D eigenvalue weighted by atomic mass is 10.4. The molecule has 0 aromatic carbocycles. The van der Waals surface area contributed by atoms with Gasteiger partial charge in [0.05, 0.1) is 6.21 Å². The average Bonchev–Trinajstić information content (AvgIpc) is 2.03. The fourth-order valence-corrected chi connectivity index (χ4v) is 0.494. The van der Waals surface area contributed by atoms with E-state index < -0.39 is 12.8 Å². The molecule has 5 heteroatoms. The van der Waals surface area contributed by atoms with Crippen molar-refractivity contribution in [3.8, 4) is 0 Å². The molecule has 0 spiro atoms. The first kappa shape index (κ1) is 11.7. The van der Waals surface area contributed by atoms with Crippen LogP contribution >= 0.6 is 0 Å². The van der Waals surface area contributed by atoms with Crippen LogP contribution in [0.15, 0.2) is 24.0 Å². The number of rotatable bonds is 4. The molecular formula is C8H10F3NO. The molecule has 13 heavy (non-hydrogen) atoms. The molecule has 0 heterocycles. The molecule has 0 saturated carbocycles. The monoisotopic (exact) mass is 193 g/mol. The van der Waals surface area contributed by atoms with Crippen molar-refractivity contribution in [1.29, 1.82) is 5.41 Å². The maximum absolute atomic E-state index is 11.6. The molecule has 0 saturated heterocycles. The van der Waals surface area contributed by atoms with Crippen molar-refractivity contribution in [3.05, 3.63) is 24.0 Å². The van der Waals surface area contributed by atoms with Crippen molar-refractivity contribution < 1.29 is 17.9 Å². The maximum atomic E-state index is 11.6. The molecule has 1 N–H and O–H groups in total. The van der Waals surface area contributed by atoms with E-state index >= 15 is 0 Å². The summed E-state index contributed by atoms with van der Waals surface area (Å²) >= 11 is 0. The summed E-state index contributed by atoms with van der Waals surface area (Å²) in [5, 5.41) is 6.73. The Morgan fingerprint density at radius 2 is 2.08 bits per heavy atom. The Balaban J connectivity index is 4.07. The van der Waals surface area contributed by atoms with Gasteiger partial charge in [0, 0.05) is 0 Å². The van der Waals surface area contributed by atoms with E-state index in [-0.39, 0.29) is 5.76 Å². The fraction of sp³-hybridized carbons (Fsp3) is 0.375. The topological polar surface area (TPSA) is 33.1 Å².